The predicted molar refractivity (Wildman–Crippen MR) is 189 cm³/mol. The topological polar surface area (TPSA) is 75.7 Å². The highest BCUT2D eigenvalue weighted by molar-refractivity contribution is 9.10. The highest BCUT2D eigenvalue weighted by Crippen LogP contribution is 2.55. The molecule has 0 atom stereocenters. The summed E-state index contributed by atoms with van der Waals surface area (Å²) in [5, 5.41) is 2.94. The molecular weight excluding hydrogens is 652 g/mol. The van der Waals surface area contributed by atoms with E-state index in [0.29, 0.717) is 36.3 Å². The molecular formula is C40H43BrN2O4. The highest BCUT2D eigenvalue weighted by atomic mass is 79.9. The molecule has 0 spiro atoms. The van der Waals surface area contributed by atoms with Gasteiger partial charge in [-0.05, 0) is 72.4 Å². The SMILES string of the molecule is Cc1ccccc1NC(=O)COc1ccc(Br)cc1C1C2=C(CC(C)(C)CC2=O)N(CCc2ccccc2)C2=C1C(=O)CC(C)(C)C2. The minimum absolute atomic E-state index is 0.0679. The molecule has 3 aliphatic rings. The molecule has 0 saturated carbocycles. The Morgan fingerprint density at radius 3 is 2.06 bits per heavy atom. The zero-order chi connectivity index (χ0) is 33.5. The Kier molecular flexibility index (Phi) is 9.05. The number of aryl methyl sites for hydroxylation is 1. The second-order valence-corrected chi connectivity index (χ2v) is 15.7. The molecule has 6 rings (SSSR count). The van der Waals surface area contributed by atoms with Gasteiger partial charge in [0.1, 0.15) is 5.75 Å². The summed E-state index contributed by atoms with van der Waals surface area (Å²) < 4.78 is 7.06. The highest BCUT2D eigenvalue weighted by Gasteiger charge is 2.49. The lowest BCUT2D eigenvalue weighted by Crippen LogP contribution is -2.45. The van der Waals surface area contributed by atoms with Crippen LogP contribution in [-0.4, -0.2) is 35.5 Å². The van der Waals surface area contributed by atoms with Crippen molar-refractivity contribution in [2.75, 3.05) is 18.5 Å². The maximum absolute atomic E-state index is 14.3. The van der Waals surface area contributed by atoms with E-state index in [9.17, 15) is 14.4 Å². The lowest BCUT2D eigenvalue weighted by molar-refractivity contribution is -0.120. The van der Waals surface area contributed by atoms with Gasteiger partial charge in [-0.1, -0.05) is 92.2 Å². The van der Waals surface area contributed by atoms with E-state index in [1.54, 1.807) is 0 Å². The molecule has 0 radical (unpaired) electrons. The number of nitrogens with one attached hydrogen (secondary N) is 1. The van der Waals surface area contributed by atoms with Crippen molar-refractivity contribution in [1.29, 1.82) is 0 Å². The summed E-state index contributed by atoms with van der Waals surface area (Å²) in [6.07, 6.45) is 3.06. The molecule has 0 fully saturated rings. The van der Waals surface area contributed by atoms with Gasteiger partial charge in [0.2, 0.25) is 0 Å². The molecule has 1 heterocycles. The smallest absolute Gasteiger partial charge is 0.262 e. The number of hydrogen-bond acceptors (Lipinski definition) is 5. The van der Waals surface area contributed by atoms with E-state index in [-0.39, 0.29) is 34.9 Å². The number of nitrogens with zero attached hydrogens (tertiary/aromatic N) is 1. The van der Waals surface area contributed by atoms with Crippen LogP contribution in [0.25, 0.3) is 0 Å². The van der Waals surface area contributed by atoms with Gasteiger partial charge in [-0.25, -0.2) is 0 Å². The number of allylic oxidation sites excluding steroid dienone is 4. The van der Waals surface area contributed by atoms with E-state index in [1.165, 1.54) is 5.56 Å². The molecule has 0 unspecified atom stereocenters. The number of halogens is 1. The lowest BCUT2D eigenvalue weighted by Gasteiger charge is -2.49. The van der Waals surface area contributed by atoms with Crippen molar-refractivity contribution in [2.24, 2.45) is 10.8 Å². The molecule has 3 aromatic rings. The molecule has 2 aliphatic carbocycles. The Labute approximate surface area is 286 Å². The minimum atomic E-state index is -0.577. The number of ketones is 2. The van der Waals surface area contributed by atoms with Crippen LogP contribution in [-0.2, 0) is 20.8 Å². The van der Waals surface area contributed by atoms with Crippen molar-refractivity contribution in [2.45, 2.75) is 72.6 Å². The molecule has 6 nitrogen and oxygen atoms in total. The summed E-state index contributed by atoms with van der Waals surface area (Å²) in [7, 11) is 0. The Bertz CT molecular complexity index is 1750. The Morgan fingerprint density at radius 1 is 0.851 bits per heavy atom. The third kappa shape index (κ3) is 7.01. The third-order valence-electron chi connectivity index (χ3n) is 9.55. The molecule has 1 aliphatic heterocycles. The van der Waals surface area contributed by atoms with Gasteiger partial charge in [0.25, 0.3) is 5.91 Å². The van der Waals surface area contributed by atoms with E-state index in [2.05, 4.69) is 66.0 Å². The number of rotatable bonds is 8. The number of carbonyl (C=O) groups excluding carboxylic acids is 3. The molecule has 1 N–H and O–H groups in total. The van der Waals surface area contributed by atoms with E-state index in [0.717, 1.165) is 51.9 Å². The third-order valence-corrected chi connectivity index (χ3v) is 10.0. The summed E-state index contributed by atoms with van der Waals surface area (Å²) in [6.45, 7) is 11.0. The molecule has 0 saturated heterocycles. The van der Waals surface area contributed by atoms with Crippen LogP contribution in [0.5, 0.6) is 5.75 Å². The van der Waals surface area contributed by atoms with Gasteiger partial charge in [0.15, 0.2) is 18.2 Å². The van der Waals surface area contributed by atoms with E-state index in [1.807, 2.05) is 67.6 Å². The summed E-state index contributed by atoms with van der Waals surface area (Å²) in [5.41, 5.74) is 6.60. The van der Waals surface area contributed by atoms with Crippen molar-refractivity contribution in [3.05, 3.63) is 116 Å². The number of amides is 1. The number of carbonyl (C=O) groups is 3. The molecule has 0 aromatic heterocycles. The van der Waals surface area contributed by atoms with Crippen LogP contribution in [0.2, 0.25) is 0 Å². The number of Topliss-reactive ketones (excluding diaryl/α,β-unsaturated/α-hetero) is 2. The molecule has 7 heteroatoms. The lowest BCUT2D eigenvalue weighted by atomic mass is 9.63. The van der Waals surface area contributed by atoms with Gasteiger partial charge in [0.05, 0.1) is 0 Å². The van der Waals surface area contributed by atoms with Gasteiger partial charge >= 0.3 is 0 Å². The van der Waals surface area contributed by atoms with Crippen LogP contribution in [0.15, 0.2) is 99.8 Å². The van der Waals surface area contributed by atoms with Crippen LogP contribution >= 0.6 is 15.9 Å². The zero-order valence-electron chi connectivity index (χ0n) is 27.9. The first kappa shape index (κ1) is 33.0. The largest absolute Gasteiger partial charge is 0.483 e. The van der Waals surface area contributed by atoms with Crippen molar-refractivity contribution < 1.29 is 19.1 Å². The monoisotopic (exact) mass is 694 g/mol. The maximum atomic E-state index is 14.3. The number of ether oxygens (including phenoxy) is 1. The summed E-state index contributed by atoms with van der Waals surface area (Å²) in [5.74, 6) is -0.233. The second-order valence-electron chi connectivity index (χ2n) is 14.8. The van der Waals surface area contributed by atoms with Crippen molar-refractivity contribution in [3.63, 3.8) is 0 Å². The Morgan fingerprint density at radius 2 is 1.45 bits per heavy atom. The van der Waals surface area contributed by atoms with Gasteiger partial charge in [-0.15, -0.1) is 0 Å². The molecule has 0 bridgehead atoms. The first-order valence-electron chi connectivity index (χ1n) is 16.4. The van der Waals surface area contributed by atoms with Crippen LogP contribution in [0.3, 0.4) is 0 Å². The van der Waals surface area contributed by atoms with Crippen LogP contribution in [0.1, 0.15) is 76.0 Å². The molecule has 1 amide bonds. The van der Waals surface area contributed by atoms with Crippen LogP contribution < -0.4 is 10.1 Å². The number of para-hydroxylation sites is 1. The minimum Gasteiger partial charge on any atom is -0.483 e. The summed E-state index contributed by atoms with van der Waals surface area (Å²) in [4.78, 5) is 44.0. The first-order chi connectivity index (χ1) is 22.3. The van der Waals surface area contributed by atoms with Gasteiger partial charge in [-0.3, -0.25) is 14.4 Å². The normalized spacial score (nSPS) is 19.0. The van der Waals surface area contributed by atoms with Gasteiger partial charge in [0, 0.05) is 63.6 Å². The van der Waals surface area contributed by atoms with E-state index in [4.69, 9.17) is 4.74 Å². The van der Waals surface area contributed by atoms with Gasteiger partial charge < -0.3 is 15.0 Å². The summed E-state index contributed by atoms with van der Waals surface area (Å²) in [6, 6.07) is 23.6. The number of anilines is 1. The average Bonchev–Trinajstić information content (AvgIpc) is 2.99. The fraction of sp³-hybridized carbons (Fsp3) is 0.375. The van der Waals surface area contributed by atoms with Crippen LogP contribution in [0, 0.1) is 17.8 Å². The van der Waals surface area contributed by atoms with Crippen LogP contribution in [0.4, 0.5) is 5.69 Å². The van der Waals surface area contributed by atoms with Crippen molar-refractivity contribution in [3.8, 4) is 5.75 Å². The fourth-order valence-corrected chi connectivity index (χ4v) is 7.81. The second kappa shape index (κ2) is 12.9. The van der Waals surface area contributed by atoms with E-state index >= 15 is 0 Å². The average molecular weight is 696 g/mol. The van der Waals surface area contributed by atoms with Crippen molar-refractivity contribution in [1.82, 2.24) is 4.90 Å². The molecule has 47 heavy (non-hydrogen) atoms. The number of benzene rings is 3. The van der Waals surface area contributed by atoms with Crippen molar-refractivity contribution >= 4 is 39.1 Å². The first-order valence-corrected chi connectivity index (χ1v) is 17.2. The quantitative estimate of drug-likeness (QED) is 0.255. The maximum Gasteiger partial charge on any atom is 0.262 e. The zero-order valence-corrected chi connectivity index (χ0v) is 29.5. The van der Waals surface area contributed by atoms with Gasteiger partial charge in [-0.2, -0.15) is 0 Å². The Balaban J connectivity index is 1.44. The number of hydrogen-bond donors (Lipinski definition) is 1. The molecule has 244 valence electrons. The summed E-state index contributed by atoms with van der Waals surface area (Å²) >= 11 is 3.65. The fourth-order valence-electron chi connectivity index (χ4n) is 7.43. The predicted octanol–water partition coefficient (Wildman–Crippen LogP) is 8.70. The molecule has 3 aromatic carbocycles. The standard InChI is InChI=1S/C40H43BrN2O4/c1-25-11-9-10-14-29(25)42-35(46)24-47-34-16-15-27(41)19-28(34)36-37-30(20-39(2,3)22-32(37)44)43(18-17-26-12-7-6-8-13-26)31-21-40(4,5)23-33(45)38(31)36/h6-16,19,36H,17-18,20-24H2,1-5H3,(H,42,46). The van der Waals surface area contributed by atoms with E-state index < -0.39 is 5.92 Å². The Hall–Kier alpha value is -3.97.